The largest absolute Gasteiger partial charge is 0.537 e. The second kappa shape index (κ2) is 10.6. The zero-order valence-electron chi connectivity index (χ0n) is 12.4. The molecule has 0 rings (SSSR count). The van der Waals surface area contributed by atoms with Gasteiger partial charge in [0.25, 0.3) is 0 Å². The number of carboxylic acid groups (broad SMARTS) is 1. The van der Waals surface area contributed by atoms with E-state index in [1.54, 1.807) is 0 Å². The third kappa shape index (κ3) is 14.6. The van der Waals surface area contributed by atoms with E-state index in [9.17, 15) is 4.79 Å². The Balaban J connectivity index is 0. The number of hydrogen-bond donors (Lipinski definition) is 2. The third-order valence-corrected chi connectivity index (χ3v) is 2.22. The average molecular weight is 278 g/mol. The molecule has 0 fully saturated rings. The SMILES string of the molecule is CCCCC(CC)C(=O)OC(C)(C)C.O=C(O)OO. The summed E-state index contributed by atoms with van der Waals surface area (Å²) in [6.07, 6.45) is 2.40. The summed E-state index contributed by atoms with van der Waals surface area (Å²) in [5, 5.41) is 14.3. The van der Waals surface area contributed by atoms with Crippen molar-refractivity contribution < 1.29 is 29.6 Å². The molecule has 0 aromatic rings. The summed E-state index contributed by atoms with van der Waals surface area (Å²) in [6, 6.07) is 0. The van der Waals surface area contributed by atoms with Crippen molar-refractivity contribution in [3.63, 3.8) is 0 Å². The molecule has 1 unspecified atom stereocenters. The first kappa shape index (κ1) is 20.0. The zero-order valence-corrected chi connectivity index (χ0v) is 12.4. The Hall–Kier alpha value is -1.30. The fourth-order valence-electron chi connectivity index (χ4n) is 1.32. The Labute approximate surface area is 114 Å². The van der Waals surface area contributed by atoms with Gasteiger partial charge in [0.05, 0.1) is 5.92 Å². The normalized spacial score (nSPS) is 11.9. The molecule has 0 spiro atoms. The molecule has 0 amide bonds. The van der Waals surface area contributed by atoms with E-state index in [0.29, 0.717) is 0 Å². The number of ether oxygens (including phenoxy) is 1. The first-order valence-electron chi connectivity index (χ1n) is 6.45. The smallest absolute Gasteiger partial charge is 0.460 e. The second-order valence-electron chi connectivity index (χ2n) is 5.14. The molecule has 6 heteroatoms. The number of unbranched alkanes of at least 4 members (excludes halogenated alkanes) is 1. The molecular formula is C13H26O6. The van der Waals surface area contributed by atoms with E-state index in [2.05, 4.69) is 11.8 Å². The lowest BCUT2D eigenvalue weighted by Gasteiger charge is -2.23. The van der Waals surface area contributed by atoms with Crippen LogP contribution < -0.4 is 0 Å². The molecule has 19 heavy (non-hydrogen) atoms. The van der Waals surface area contributed by atoms with Crippen molar-refractivity contribution in [3.8, 4) is 0 Å². The first-order chi connectivity index (χ1) is 8.67. The molecule has 0 saturated carbocycles. The number of carbonyl (C=O) groups excluding carboxylic acids is 1. The van der Waals surface area contributed by atoms with E-state index in [1.807, 2.05) is 27.7 Å². The molecule has 0 aliphatic heterocycles. The lowest BCUT2D eigenvalue weighted by molar-refractivity contribution is -0.194. The van der Waals surface area contributed by atoms with E-state index in [1.165, 1.54) is 0 Å². The van der Waals surface area contributed by atoms with E-state index in [4.69, 9.17) is 19.9 Å². The van der Waals surface area contributed by atoms with Crippen molar-refractivity contribution in [2.45, 2.75) is 65.9 Å². The highest BCUT2D eigenvalue weighted by Crippen LogP contribution is 2.18. The highest BCUT2D eigenvalue weighted by molar-refractivity contribution is 5.72. The minimum atomic E-state index is -1.69. The maximum atomic E-state index is 11.7. The lowest BCUT2D eigenvalue weighted by atomic mass is 9.99. The summed E-state index contributed by atoms with van der Waals surface area (Å²) < 4.78 is 5.35. The molecule has 0 radical (unpaired) electrons. The Morgan fingerprint density at radius 2 is 1.68 bits per heavy atom. The van der Waals surface area contributed by atoms with E-state index in [-0.39, 0.29) is 17.5 Å². The number of hydrogen-bond acceptors (Lipinski definition) is 5. The Morgan fingerprint density at radius 3 is 1.95 bits per heavy atom. The number of rotatable bonds is 5. The molecule has 0 bridgehead atoms. The van der Waals surface area contributed by atoms with Crippen molar-refractivity contribution in [2.24, 2.45) is 5.92 Å². The fourth-order valence-corrected chi connectivity index (χ4v) is 1.32. The maximum absolute atomic E-state index is 11.7. The molecule has 0 aliphatic carbocycles. The summed E-state index contributed by atoms with van der Waals surface area (Å²) in [5.41, 5.74) is -0.350. The molecule has 2 N–H and O–H groups in total. The van der Waals surface area contributed by atoms with E-state index < -0.39 is 6.16 Å². The lowest BCUT2D eigenvalue weighted by Crippen LogP contribution is -2.28. The van der Waals surface area contributed by atoms with Crippen LogP contribution in [0.5, 0.6) is 0 Å². The van der Waals surface area contributed by atoms with E-state index in [0.717, 1.165) is 25.7 Å². The van der Waals surface area contributed by atoms with Crippen molar-refractivity contribution >= 4 is 12.1 Å². The van der Waals surface area contributed by atoms with Gasteiger partial charge in [-0.2, -0.15) is 5.26 Å². The van der Waals surface area contributed by atoms with Gasteiger partial charge in [-0.1, -0.05) is 26.7 Å². The van der Waals surface area contributed by atoms with Gasteiger partial charge in [-0.3, -0.25) is 9.68 Å². The van der Waals surface area contributed by atoms with Crippen LogP contribution in [0.3, 0.4) is 0 Å². The van der Waals surface area contributed by atoms with Crippen molar-refractivity contribution in [1.29, 1.82) is 0 Å². The van der Waals surface area contributed by atoms with Crippen LogP contribution in [0.1, 0.15) is 60.3 Å². The molecule has 0 saturated heterocycles. The van der Waals surface area contributed by atoms with E-state index >= 15 is 0 Å². The summed E-state index contributed by atoms with van der Waals surface area (Å²) >= 11 is 0. The molecule has 0 aromatic carbocycles. The highest BCUT2D eigenvalue weighted by Gasteiger charge is 2.22. The first-order valence-corrected chi connectivity index (χ1v) is 6.45. The molecule has 0 heterocycles. The Kier molecular flexibility index (Phi) is 11.2. The second-order valence-corrected chi connectivity index (χ2v) is 5.14. The van der Waals surface area contributed by atoms with Crippen LogP contribution in [0, 0.1) is 5.92 Å². The van der Waals surface area contributed by atoms with Gasteiger partial charge in [-0.15, -0.1) is 0 Å². The summed E-state index contributed by atoms with van der Waals surface area (Å²) in [6.45, 7) is 9.93. The summed E-state index contributed by atoms with van der Waals surface area (Å²) in [7, 11) is 0. The minimum absolute atomic E-state index is 0.0338. The van der Waals surface area contributed by atoms with Crippen LogP contribution in [-0.2, 0) is 14.4 Å². The maximum Gasteiger partial charge on any atom is 0.537 e. The minimum Gasteiger partial charge on any atom is -0.460 e. The topological polar surface area (TPSA) is 93.1 Å². The van der Waals surface area contributed by atoms with Gasteiger partial charge >= 0.3 is 12.1 Å². The van der Waals surface area contributed by atoms with Crippen LogP contribution in [0.15, 0.2) is 0 Å². The Bertz CT molecular complexity index is 256. The van der Waals surface area contributed by atoms with Gasteiger partial charge in [0.1, 0.15) is 5.60 Å². The zero-order chi connectivity index (χ0) is 15.5. The van der Waals surface area contributed by atoms with Crippen molar-refractivity contribution in [1.82, 2.24) is 0 Å². The van der Waals surface area contributed by atoms with Gasteiger partial charge in [-0.25, -0.2) is 4.79 Å². The van der Waals surface area contributed by atoms with Crippen LogP contribution in [-0.4, -0.2) is 28.1 Å². The average Bonchev–Trinajstić information content (AvgIpc) is 2.28. The highest BCUT2D eigenvalue weighted by atomic mass is 17.1. The van der Waals surface area contributed by atoms with Crippen LogP contribution in [0.2, 0.25) is 0 Å². The third-order valence-electron chi connectivity index (χ3n) is 2.22. The Morgan fingerprint density at radius 1 is 1.21 bits per heavy atom. The standard InChI is InChI=1S/C12H24O2.CH2O4/c1-6-8-9-10(7-2)11(13)14-12(3,4)5;2-1(3)5-4/h10H,6-9H2,1-5H3;4H,(H,2,3). The van der Waals surface area contributed by atoms with Crippen molar-refractivity contribution in [2.75, 3.05) is 0 Å². The van der Waals surface area contributed by atoms with Gasteiger partial charge in [0.15, 0.2) is 0 Å². The van der Waals surface area contributed by atoms with Crippen molar-refractivity contribution in [3.05, 3.63) is 0 Å². The summed E-state index contributed by atoms with van der Waals surface area (Å²) in [4.78, 5) is 23.2. The predicted octanol–water partition coefficient (Wildman–Crippen LogP) is 3.70. The molecule has 1 atom stereocenters. The van der Waals surface area contributed by atoms with Crippen LogP contribution in [0.4, 0.5) is 4.79 Å². The van der Waals surface area contributed by atoms with Gasteiger partial charge in [0, 0.05) is 0 Å². The quantitative estimate of drug-likeness (QED) is 0.452. The molecular weight excluding hydrogens is 252 g/mol. The monoisotopic (exact) mass is 278 g/mol. The van der Waals surface area contributed by atoms with Crippen LogP contribution >= 0.6 is 0 Å². The fraction of sp³-hybridized carbons (Fsp3) is 0.846. The van der Waals surface area contributed by atoms with Gasteiger partial charge in [0.2, 0.25) is 0 Å². The van der Waals surface area contributed by atoms with Gasteiger partial charge in [-0.05, 0) is 33.6 Å². The predicted molar refractivity (Wildman–Crippen MR) is 70.9 cm³/mol. The molecule has 6 nitrogen and oxygen atoms in total. The molecule has 0 aliphatic rings. The summed E-state index contributed by atoms with van der Waals surface area (Å²) in [5.74, 6) is 0.0580. The van der Waals surface area contributed by atoms with Crippen LogP contribution in [0.25, 0.3) is 0 Å². The number of esters is 1. The molecule has 114 valence electrons. The van der Waals surface area contributed by atoms with Gasteiger partial charge < -0.3 is 9.84 Å². The molecule has 0 aromatic heterocycles. The number of carbonyl (C=O) groups is 2.